The number of likely N-dealkylation sites (tertiary alicyclic amines) is 2. The highest BCUT2D eigenvalue weighted by atomic mass is 15.2. The highest BCUT2D eigenvalue weighted by Gasteiger charge is 2.32. The predicted octanol–water partition coefficient (Wildman–Crippen LogP) is 1.14. The Morgan fingerprint density at radius 1 is 1.12 bits per heavy atom. The van der Waals surface area contributed by atoms with E-state index in [1.165, 1.54) is 52.0 Å². The van der Waals surface area contributed by atoms with Gasteiger partial charge in [-0.3, -0.25) is 4.90 Å². The summed E-state index contributed by atoms with van der Waals surface area (Å²) in [6.45, 7) is 10.7. The summed E-state index contributed by atoms with van der Waals surface area (Å²) in [5, 5.41) is 0. The summed E-state index contributed by atoms with van der Waals surface area (Å²) in [5.74, 6) is 0.915. The Kier molecular flexibility index (Phi) is 4.22. The quantitative estimate of drug-likeness (QED) is 0.765. The average molecular weight is 225 g/mol. The van der Waals surface area contributed by atoms with Crippen LogP contribution in [0.5, 0.6) is 0 Å². The van der Waals surface area contributed by atoms with Crippen molar-refractivity contribution in [1.29, 1.82) is 0 Å². The first-order valence-electron chi connectivity index (χ1n) is 6.92. The molecule has 94 valence electrons. The monoisotopic (exact) mass is 225 g/mol. The third-order valence-electron chi connectivity index (χ3n) is 4.45. The van der Waals surface area contributed by atoms with E-state index in [1.807, 2.05) is 0 Å². The van der Waals surface area contributed by atoms with Gasteiger partial charge in [0.25, 0.3) is 0 Å². The molecule has 2 aliphatic rings. The Bertz CT molecular complexity index is 211. The maximum atomic E-state index is 6.29. The van der Waals surface area contributed by atoms with Crippen molar-refractivity contribution < 1.29 is 0 Å². The van der Waals surface area contributed by atoms with E-state index in [4.69, 9.17) is 5.73 Å². The first kappa shape index (κ1) is 12.3. The summed E-state index contributed by atoms with van der Waals surface area (Å²) < 4.78 is 0. The summed E-state index contributed by atoms with van der Waals surface area (Å²) in [6.07, 6.45) is 3.88. The molecule has 3 heteroatoms. The number of rotatable bonds is 2. The van der Waals surface area contributed by atoms with Gasteiger partial charge in [0, 0.05) is 18.6 Å². The molecular formula is C13H27N3. The molecule has 0 radical (unpaired) electrons. The Labute approximate surface area is 100.0 Å². The molecule has 0 aromatic rings. The van der Waals surface area contributed by atoms with E-state index in [1.54, 1.807) is 0 Å². The molecule has 0 aromatic carbocycles. The van der Waals surface area contributed by atoms with Crippen LogP contribution >= 0.6 is 0 Å². The van der Waals surface area contributed by atoms with Crippen LogP contribution in [0, 0.1) is 5.92 Å². The Balaban J connectivity index is 1.90. The van der Waals surface area contributed by atoms with Crippen LogP contribution in [-0.2, 0) is 0 Å². The molecule has 2 atom stereocenters. The lowest BCUT2D eigenvalue weighted by atomic mass is 9.93. The van der Waals surface area contributed by atoms with Crippen LogP contribution in [0.1, 0.15) is 33.1 Å². The van der Waals surface area contributed by atoms with Crippen LogP contribution in [-0.4, -0.2) is 54.6 Å². The van der Waals surface area contributed by atoms with Gasteiger partial charge in [-0.15, -0.1) is 0 Å². The molecule has 0 spiro atoms. The van der Waals surface area contributed by atoms with Crippen LogP contribution in [0.15, 0.2) is 0 Å². The van der Waals surface area contributed by atoms with Crippen molar-refractivity contribution in [3.63, 3.8) is 0 Å². The van der Waals surface area contributed by atoms with Crippen LogP contribution < -0.4 is 5.73 Å². The smallest absolute Gasteiger partial charge is 0.0374 e. The normalized spacial score (nSPS) is 35.4. The van der Waals surface area contributed by atoms with Gasteiger partial charge in [-0.2, -0.15) is 0 Å². The molecule has 2 saturated heterocycles. The molecular weight excluding hydrogens is 198 g/mol. The highest BCUT2D eigenvalue weighted by Crippen LogP contribution is 2.22. The highest BCUT2D eigenvalue weighted by molar-refractivity contribution is 4.91. The van der Waals surface area contributed by atoms with Crippen LogP contribution in [0.4, 0.5) is 0 Å². The minimum Gasteiger partial charge on any atom is -0.326 e. The van der Waals surface area contributed by atoms with Gasteiger partial charge in [0.2, 0.25) is 0 Å². The van der Waals surface area contributed by atoms with Crippen molar-refractivity contribution in [2.45, 2.75) is 45.2 Å². The van der Waals surface area contributed by atoms with Gasteiger partial charge in [0.1, 0.15) is 0 Å². The number of hydrogen-bond donors (Lipinski definition) is 1. The van der Waals surface area contributed by atoms with Crippen molar-refractivity contribution in [2.24, 2.45) is 11.7 Å². The maximum absolute atomic E-state index is 6.29. The first-order chi connectivity index (χ1) is 7.70. The third-order valence-corrected chi connectivity index (χ3v) is 4.45. The molecule has 2 aliphatic heterocycles. The fourth-order valence-electron chi connectivity index (χ4n) is 3.05. The molecule has 2 fully saturated rings. The Hall–Kier alpha value is -0.120. The minimum atomic E-state index is 0.399. The SMILES string of the molecule is CCN1CCC(N)C(N2CCC(C)CC2)C1. The molecule has 2 unspecified atom stereocenters. The number of nitrogens with two attached hydrogens (primary N) is 1. The van der Waals surface area contributed by atoms with E-state index in [0.717, 1.165) is 5.92 Å². The predicted molar refractivity (Wildman–Crippen MR) is 68.5 cm³/mol. The van der Waals surface area contributed by atoms with Crippen LogP contribution in [0.3, 0.4) is 0 Å². The number of hydrogen-bond acceptors (Lipinski definition) is 3. The fraction of sp³-hybridized carbons (Fsp3) is 1.00. The van der Waals surface area contributed by atoms with E-state index in [9.17, 15) is 0 Å². The van der Waals surface area contributed by atoms with Gasteiger partial charge >= 0.3 is 0 Å². The second kappa shape index (κ2) is 5.48. The van der Waals surface area contributed by atoms with Gasteiger partial charge in [0.05, 0.1) is 0 Å². The van der Waals surface area contributed by atoms with Gasteiger partial charge < -0.3 is 10.6 Å². The number of nitrogens with zero attached hydrogens (tertiary/aromatic N) is 2. The van der Waals surface area contributed by atoms with E-state index < -0.39 is 0 Å². The van der Waals surface area contributed by atoms with E-state index >= 15 is 0 Å². The molecule has 2 heterocycles. The maximum Gasteiger partial charge on any atom is 0.0374 e. The second-order valence-electron chi connectivity index (χ2n) is 5.63. The molecule has 0 bridgehead atoms. The fourth-order valence-corrected chi connectivity index (χ4v) is 3.05. The Morgan fingerprint density at radius 2 is 1.81 bits per heavy atom. The lowest BCUT2D eigenvalue weighted by molar-refractivity contribution is 0.0603. The van der Waals surface area contributed by atoms with Crippen molar-refractivity contribution >= 4 is 0 Å². The zero-order chi connectivity index (χ0) is 11.5. The Morgan fingerprint density at radius 3 is 2.44 bits per heavy atom. The minimum absolute atomic E-state index is 0.399. The van der Waals surface area contributed by atoms with E-state index in [0.29, 0.717) is 12.1 Å². The van der Waals surface area contributed by atoms with Gasteiger partial charge in [-0.25, -0.2) is 0 Å². The standard InChI is InChI=1S/C13H27N3/c1-3-15-7-6-12(14)13(10-15)16-8-4-11(2)5-9-16/h11-13H,3-10,14H2,1-2H3. The van der Waals surface area contributed by atoms with E-state index in [2.05, 4.69) is 23.6 Å². The second-order valence-corrected chi connectivity index (χ2v) is 5.63. The van der Waals surface area contributed by atoms with Crippen LogP contribution in [0.2, 0.25) is 0 Å². The average Bonchev–Trinajstić information content (AvgIpc) is 2.31. The third kappa shape index (κ3) is 2.76. The van der Waals surface area contributed by atoms with Gasteiger partial charge in [-0.05, 0) is 51.4 Å². The topological polar surface area (TPSA) is 32.5 Å². The summed E-state index contributed by atoms with van der Waals surface area (Å²) in [6, 6.07) is 1.01. The van der Waals surface area contributed by atoms with E-state index in [-0.39, 0.29) is 0 Å². The lowest BCUT2D eigenvalue weighted by Crippen LogP contribution is -2.59. The van der Waals surface area contributed by atoms with Crippen LogP contribution in [0.25, 0.3) is 0 Å². The molecule has 2 rings (SSSR count). The number of piperidine rings is 2. The van der Waals surface area contributed by atoms with Gasteiger partial charge in [0.15, 0.2) is 0 Å². The molecule has 0 amide bonds. The van der Waals surface area contributed by atoms with Gasteiger partial charge in [-0.1, -0.05) is 13.8 Å². The zero-order valence-electron chi connectivity index (χ0n) is 10.9. The zero-order valence-corrected chi connectivity index (χ0v) is 10.9. The van der Waals surface area contributed by atoms with Crippen molar-refractivity contribution in [3.05, 3.63) is 0 Å². The molecule has 0 aliphatic carbocycles. The number of likely N-dealkylation sites (N-methyl/N-ethyl adjacent to an activating group) is 1. The summed E-state index contributed by atoms with van der Waals surface area (Å²) in [4.78, 5) is 5.19. The molecule has 3 nitrogen and oxygen atoms in total. The lowest BCUT2D eigenvalue weighted by Gasteiger charge is -2.44. The molecule has 0 saturated carbocycles. The van der Waals surface area contributed by atoms with Crippen molar-refractivity contribution in [3.8, 4) is 0 Å². The van der Waals surface area contributed by atoms with Crippen molar-refractivity contribution in [2.75, 3.05) is 32.7 Å². The first-order valence-corrected chi connectivity index (χ1v) is 6.92. The summed E-state index contributed by atoms with van der Waals surface area (Å²) >= 11 is 0. The molecule has 2 N–H and O–H groups in total. The van der Waals surface area contributed by atoms with Crippen molar-refractivity contribution in [1.82, 2.24) is 9.80 Å². The molecule has 0 aromatic heterocycles. The largest absolute Gasteiger partial charge is 0.326 e. The molecule has 16 heavy (non-hydrogen) atoms. The summed E-state index contributed by atoms with van der Waals surface area (Å²) in [5.41, 5.74) is 6.29. The summed E-state index contributed by atoms with van der Waals surface area (Å²) in [7, 11) is 0.